The van der Waals surface area contributed by atoms with Gasteiger partial charge in [-0.25, -0.2) is 0 Å². The van der Waals surface area contributed by atoms with Crippen molar-refractivity contribution in [2.45, 2.75) is 271 Å². The van der Waals surface area contributed by atoms with Crippen LogP contribution in [0.5, 0.6) is 0 Å². The van der Waals surface area contributed by atoms with Gasteiger partial charge in [-0.1, -0.05) is 251 Å². The van der Waals surface area contributed by atoms with Gasteiger partial charge in [-0.05, 0) is 128 Å². The van der Waals surface area contributed by atoms with Crippen molar-refractivity contribution in [1.29, 1.82) is 0 Å². The average Bonchev–Trinajstić information content (AvgIpc) is 3.41. The average molecular weight is 1040 g/mol. The minimum absolute atomic E-state index is 0.119. The molecule has 0 amide bonds. The molecule has 0 saturated carbocycles. The van der Waals surface area contributed by atoms with Gasteiger partial charge < -0.3 is 14.2 Å². The maximum atomic E-state index is 12.9. The van der Waals surface area contributed by atoms with Crippen molar-refractivity contribution in [2.75, 3.05) is 13.2 Å². The Balaban J connectivity index is 4.57. The van der Waals surface area contributed by atoms with Gasteiger partial charge in [-0.3, -0.25) is 14.4 Å². The SMILES string of the molecule is CC/C=C\C/C=C\C/C=C\C/C=C\C/C=C\C/C=C\CCC(=O)OC[C@H](COC(=O)CCCCCCCCCCC/C=C\CCCCCCCC)OC(=O)CCCCC/C=C\C/C=C\C/C=C\C/C=C\CCCCC. The fourth-order valence-corrected chi connectivity index (χ4v) is 8.03. The Hall–Kier alpha value is -4.45. The molecule has 0 spiro atoms. The number of allylic oxidation sites excluding steroid dienone is 22. The van der Waals surface area contributed by atoms with E-state index >= 15 is 0 Å². The van der Waals surface area contributed by atoms with Crippen LogP contribution in [-0.4, -0.2) is 37.2 Å². The Morgan fingerprint density at radius 1 is 0.280 bits per heavy atom. The van der Waals surface area contributed by atoms with Crippen molar-refractivity contribution in [1.82, 2.24) is 0 Å². The van der Waals surface area contributed by atoms with E-state index in [-0.39, 0.29) is 44.0 Å². The summed E-state index contributed by atoms with van der Waals surface area (Å²) in [5, 5.41) is 0. The lowest BCUT2D eigenvalue weighted by Gasteiger charge is -2.18. The Morgan fingerprint density at radius 2 is 0.547 bits per heavy atom. The molecule has 0 fully saturated rings. The van der Waals surface area contributed by atoms with Crippen LogP contribution >= 0.6 is 0 Å². The fourth-order valence-electron chi connectivity index (χ4n) is 8.03. The molecule has 424 valence electrons. The van der Waals surface area contributed by atoms with Crippen LogP contribution < -0.4 is 0 Å². The Kier molecular flexibility index (Phi) is 58.4. The number of unbranched alkanes of at least 4 members (excludes halogenated alkanes) is 21. The zero-order chi connectivity index (χ0) is 54.3. The van der Waals surface area contributed by atoms with E-state index in [1.54, 1.807) is 0 Å². The number of hydrogen-bond acceptors (Lipinski definition) is 6. The fraction of sp³-hybridized carbons (Fsp3) is 0.638. The third-order valence-electron chi connectivity index (χ3n) is 12.6. The summed E-state index contributed by atoms with van der Waals surface area (Å²) < 4.78 is 16.8. The molecule has 1 atom stereocenters. The van der Waals surface area contributed by atoms with E-state index in [2.05, 4.69) is 148 Å². The second-order valence-electron chi connectivity index (χ2n) is 19.9. The first-order valence-corrected chi connectivity index (χ1v) is 30.7. The standard InChI is InChI=1S/C69H112O6/c1-4-7-10-13-16-19-22-25-28-31-34-37-40-43-46-49-52-55-58-61-67(70)73-64-66(75-69(72)63-60-57-54-51-48-45-42-39-36-33-30-27-24-21-18-15-12-9-6-3)65-74-68(71)62-59-56-53-50-47-44-41-38-35-32-29-26-23-20-17-14-11-8-5-2/h7,10,16,18-19,21,25-30,34,36-37,39,43,45-46,48,52,55,66H,4-6,8-9,11-15,17,20,22-24,31-33,35,38,40-42,44,47,49-51,53-54,56-65H2,1-3H3/b10-7-,19-16-,21-18-,28-25-,29-26-,30-27-,37-34-,39-36-,46-43-,48-45-,55-52-/t66-/m1/s1. The van der Waals surface area contributed by atoms with Gasteiger partial charge in [-0.15, -0.1) is 0 Å². The molecule has 0 bridgehead atoms. The van der Waals surface area contributed by atoms with Crippen LogP contribution in [0, 0.1) is 0 Å². The Bertz CT molecular complexity index is 1620. The lowest BCUT2D eigenvalue weighted by atomic mass is 10.1. The summed E-state index contributed by atoms with van der Waals surface area (Å²) in [6, 6.07) is 0. The minimum atomic E-state index is -0.832. The highest BCUT2D eigenvalue weighted by molar-refractivity contribution is 5.71. The lowest BCUT2D eigenvalue weighted by Crippen LogP contribution is -2.30. The lowest BCUT2D eigenvalue weighted by molar-refractivity contribution is -0.166. The highest BCUT2D eigenvalue weighted by atomic mass is 16.6. The normalized spacial score (nSPS) is 13.1. The van der Waals surface area contributed by atoms with Gasteiger partial charge >= 0.3 is 17.9 Å². The number of carbonyl (C=O) groups is 3. The molecule has 0 aromatic heterocycles. The number of carbonyl (C=O) groups excluding carboxylic acids is 3. The second kappa shape index (κ2) is 62.1. The molecular formula is C69H112O6. The summed E-state index contributed by atoms with van der Waals surface area (Å²) in [5.41, 5.74) is 0. The van der Waals surface area contributed by atoms with Crippen LogP contribution in [-0.2, 0) is 28.6 Å². The van der Waals surface area contributed by atoms with Crippen LogP contribution in [0.2, 0.25) is 0 Å². The predicted octanol–water partition coefficient (Wildman–Crippen LogP) is 21.0. The van der Waals surface area contributed by atoms with E-state index in [1.807, 2.05) is 6.08 Å². The van der Waals surface area contributed by atoms with Crippen molar-refractivity contribution in [3.63, 3.8) is 0 Å². The van der Waals surface area contributed by atoms with E-state index in [0.29, 0.717) is 19.3 Å². The van der Waals surface area contributed by atoms with Gasteiger partial charge in [0.2, 0.25) is 0 Å². The number of esters is 3. The molecule has 0 N–H and O–H groups in total. The highest BCUT2D eigenvalue weighted by Crippen LogP contribution is 2.14. The van der Waals surface area contributed by atoms with Gasteiger partial charge in [0.05, 0.1) is 0 Å². The molecular weight excluding hydrogens is 925 g/mol. The molecule has 6 nitrogen and oxygen atoms in total. The quantitative estimate of drug-likeness (QED) is 0.0261. The van der Waals surface area contributed by atoms with E-state index in [1.165, 1.54) is 116 Å². The first-order valence-electron chi connectivity index (χ1n) is 30.7. The van der Waals surface area contributed by atoms with Gasteiger partial charge in [0.15, 0.2) is 6.10 Å². The van der Waals surface area contributed by atoms with Crippen molar-refractivity contribution >= 4 is 17.9 Å². The number of hydrogen-bond donors (Lipinski definition) is 0. The van der Waals surface area contributed by atoms with Crippen LogP contribution in [0.25, 0.3) is 0 Å². The van der Waals surface area contributed by atoms with Gasteiger partial charge in [0.25, 0.3) is 0 Å². The van der Waals surface area contributed by atoms with Crippen molar-refractivity contribution < 1.29 is 28.6 Å². The van der Waals surface area contributed by atoms with Gasteiger partial charge in [-0.2, -0.15) is 0 Å². The monoisotopic (exact) mass is 1040 g/mol. The summed E-state index contributed by atoms with van der Waals surface area (Å²) >= 11 is 0. The van der Waals surface area contributed by atoms with Gasteiger partial charge in [0, 0.05) is 19.3 Å². The number of rotatable bonds is 54. The van der Waals surface area contributed by atoms with E-state index in [4.69, 9.17) is 14.2 Å². The topological polar surface area (TPSA) is 78.9 Å². The third-order valence-corrected chi connectivity index (χ3v) is 12.6. The molecule has 0 aliphatic carbocycles. The number of ether oxygens (including phenoxy) is 3. The first kappa shape index (κ1) is 70.5. The molecule has 0 unspecified atom stereocenters. The highest BCUT2D eigenvalue weighted by Gasteiger charge is 2.19. The molecule has 0 radical (unpaired) electrons. The van der Waals surface area contributed by atoms with Crippen LogP contribution in [0.15, 0.2) is 134 Å². The molecule has 0 saturated heterocycles. The summed E-state index contributed by atoms with van der Waals surface area (Å²) in [6.45, 7) is 6.41. The first-order chi connectivity index (χ1) is 37.0. The molecule has 0 aliphatic heterocycles. The van der Waals surface area contributed by atoms with E-state index in [0.717, 1.165) is 96.3 Å². The zero-order valence-electron chi connectivity index (χ0n) is 48.5. The summed E-state index contributed by atoms with van der Waals surface area (Å²) in [5.74, 6) is -1.04. The largest absolute Gasteiger partial charge is 0.462 e. The third kappa shape index (κ3) is 60.3. The Labute approximate surface area is 462 Å². The second-order valence-corrected chi connectivity index (χ2v) is 19.9. The van der Waals surface area contributed by atoms with Crippen LogP contribution in [0.3, 0.4) is 0 Å². The van der Waals surface area contributed by atoms with E-state index < -0.39 is 6.10 Å². The summed E-state index contributed by atoms with van der Waals surface area (Å²) in [7, 11) is 0. The molecule has 0 heterocycles. The molecule has 0 aliphatic rings. The smallest absolute Gasteiger partial charge is 0.306 e. The Morgan fingerprint density at radius 3 is 0.947 bits per heavy atom. The van der Waals surface area contributed by atoms with E-state index in [9.17, 15) is 14.4 Å². The molecule has 0 aromatic carbocycles. The zero-order valence-corrected chi connectivity index (χ0v) is 48.5. The maximum Gasteiger partial charge on any atom is 0.306 e. The van der Waals surface area contributed by atoms with Crippen molar-refractivity contribution in [2.24, 2.45) is 0 Å². The van der Waals surface area contributed by atoms with Gasteiger partial charge in [0.1, 0.15) is 13.2 Å². The van der Waals surface area contributed by atoms with Crippen molar-refractivity contribution in [3.05, 3.63) is 134 Å². The van der Waals surface area contributed by atoms with Crippen LogP contribution in [0.4, 0.5) is 0 Å². The van der Waals surface area contributed by atoms with Crippen LogP contribution in [0.1, 0.15) is 265 Å². The summed E-state index contributed by atoms with van der Waals surface area (Å²) in [4.78, 5) is 38.2. The molecule has 75 heavy (non-hydrogen) atoms. The minimum Gasteiger partial charge on any atom is -0.462 e. The van der Waals surface area contributed by atoms with Crippen molar-refractivity contribution in [3.8, 4) is 0 Å². The molecule has 0 aromatic rings. The predicted molar refractivity (Wildman–Crippen MR) is 325 cm³/mol. The molecule has 6 heteroatoms. The summed E-state index contributed by atoms with van der Waals surface area (Å²) in [6.07, 6.45) is 87.4. The molecule has 0 rings (SSSR count). The maximum absolute atomic E-state index is 12.9.